The monoisotopic (exact) mass is 276 g/mol. The molecule has 0 saturated carbocycles. The molecule has 0 bridgehead atoms. The number of hydrogen-bond donors (Lipinski definition) is 1. The van der Waals surface area contributed by atoms with E-state index in [0.29, 0.717) is 31.3 Å². The largest absolute Gasteiger partial charge is 0.354 e. The van der Waals surface area contributed by atoms with Gasteiger partial charge >= 0.3 is 0 Å². The van der Waals surface area contributed by atoms with Crippen LogP contribution in [0.4, 0.5) is 10.3 Å². The summed E-state index contributed by atoms with van der Waals surface area (Å²) in [6.07, 6.45) is 3.84. The summed E-state index contributed by atoms with van der Waals surface area (Å²) in [6.45, 7) is 1.74. The first-order valence-corrected chi connectivity index (χ1v) is 6.18. The highest BCUT2D eigenvalue weighted by Gasteiger charge is 2.23. The van der Waals surface area contributed by atoms with Crippen molar-refractivity contribution >= 4 is 11.9 Å². The van der Waals surface area contributed by atoms with E-state index in [2.05, 4.69) is 20.3 Å². The molecule has 0 radical (unpaired) electrons. The van der Waals surface area contributed by atoms with Gasteiger partial charge in [0.1, 0.15) is 11.5 Å². The maximum atomic E-state index is 12.8. The first kappa shape index (κ1) is 12.5. The van der Waals surface area contributed by atoms with Gasteiger partial charge in [-0.05, 0) is 0 Å². The van der Waals surface area contributed by atoms with Gasteiger partial charge in [0.15, 0.2) is 5.82 Å². The molecule has 0 fully saturated rings. The molecule has 3 rings (SSSR count). The van der Waals surface area contributed by atoms with Crippen LogP contribution in [0.1, 0.15) is 16.3 Å². The maximum absolute atomic E-state index is 12.8. The normalized spacial score (nSPS) is 14.0. The highest BCUT2D eigenvalue weighted by Crippen LogP contribution is 2.18. The molecule has 3 heterocycles. The Balaban J connectivity index is 1.84. The minimum Gasteiger partial charge on any atom is -0.354 e. The Bertz CT molecular complexity index is 638. The van der Waals surface area contributed by atoms with E-state index in [1.54, 1.807) is 13.2 Å². The van der Waals surface area contributed by atoms with Crippen LogP contribution in [0.15, 0.2) is 18.6 Å². The fourth-order valence-corrected chi connectivity index (χ4v) is 2.21. The summed E-state index contributed by atoms with van der Waals surface area (Å²) in [6, 6.07) is 0. The SMILES string of the molecule is CNC(=O)c1cnc2n1CCN(c1ncc(F)cn1)C2. The first-order valence-electron chi connectivity index (χ1n) is 6.18. The Morgan fingerprint density at radius 2 is 2.00 bits per heavy atom. The number of carbonyl (C=O) groups is 1. The summed E-state index contributed by atoms with van der Waals surface area (Å²) < 4.78 is 14.7. The lowest BCUT2D eigenvalue weighted by Gasteiger charge is -2.28. The van der Waals surface area contributed by atoms with Crippen molar-refractivity contribution in [2.75, 3.05) is 18.5 Å². The Labute approximate surface area is 114 Å². The van der Waals surface area contributed by atoms with E-state index >= 15 is 0 Å². The number of amides is 1. The van der Waals surface area contributed by atoms with Crippen LogP contribution >= 0.6 is 0 Å². The van der Waals surface area contributed by atoms with Gasteiger partial charge in [-0.25, -0.2) is 19.3 Å². The van der Waals surface area contributed by atoms with Crippen molar-refractivity contribution in [3.63, 3.8) is 0 Å². The fourth-order valence-electron chi connectivity index (χ4n) is 2.21. The Morgan fingerprint density at radius 3 is 2.70 bits per heavy atom. The van der Waals surface area contributed by atoms with Gasteiger partial charge < -0.3 is 14.8 Å². The van der Waals surface area contributed by atoms with Gasteiger partial charge in [-0.2, -0.15) is 0 Å². The number of aromatic nitrogens is 4. The third-order valence-corrected chi connectivity index (χ3v) is 3.21. The third-order valence-electron chi connectivity index (χ3n) is 3.21. The number of hydrogen-bond acceptors (Lipinski definition) is 5. The average molecular weight is 276 g/mol. The molecule has 104 valence electrons. The third kappa shape index (κ3) is 2.09. The smallest absolute Gasteiger partial charge is 0.269 e. The average Bonchev–Trinajstić information content (AvgIpc) is 2.90. The molecule has 0 unspecified atom stereocenters. The maximum Gasteiger partial charge on any atom is 0.269 e. The second kappa shape index (κ2) is 4.87. The van der Waals surface area contributed by atoms with Crippen LogP contribution in [0.3, 0.4) is 0 Å². The molecular weight excluding hydrogens is 263 g/mol. The predicted molar refractivity (Wildman–Crippen MR) is 68.7 cm³/mol. The standard InChI is InChI=1S/C12H13FN6O/c1-14-11(20)9-6-15-10-7-18(2-3-19(9)10)12-16-4-8(13)5-17-12/h4-6H,2-3,7H2,1H3,(H,14,20). The van der Waals surface area contributed by atoms with Crippen LogP contribution in [0, 0.1) is 5.82 Å². The molecule has 0 saturated heterocycles. The van der Waals surface area contributed by atoms with Crippen LogP contribution in [0.2, 0.25) is 0 Å². The molecule has 20 heavy (non-hydrogen) atoms. The summed E-state index contributed by atoms with van der Waals surface area (Å²) in [7, 11) is 1.59. The van der Waals surface area contributed by atoms with Crippen LogP contribution in [-0.4, -0.2) is 39.0 Å². The second-order valence-electron chi connectivity index (χ2n) is 4.41. The Morgan fingerprint density at radius 1 is 1.25 bits per heavy atom. The van der Waals surface area contributed by atoms with Crippen LogP contribution in [-0.2, 0) is 13.1 Å². The fraction of sp³-hybridized carbons (Fsp3) is 0.333. The number of carbonyl (C=O) groups excluding carboxylic acids is 1. The molecule has 1 aliphatic heterocycles. The van der Waals surface area contributed by atoms with E-state index in [0.717, 1.165) is 18.2 Å². The molecule has 8 heteroatoms. The number of nitrogens with zero attached hydrogens (tertiary/aromatic N) is 5. The molecule has 0 atom stereocenters. The predicted octanol–water partition coefficient (Wildman–Crippen LogP) is 0.192. The van der Waals surface area contributed by atoms with Gasteiger partial charge in [0.05, 0.1) is 25.1 Å². The van der Waals surface area contributed by atoms with Gasteiger partial charge in [-0.3, -0.25) is 4.79 Å². The number of rotatable bonds is 2. The summed E-state index contributed by atoms with van der Waals surface area (Å²) in [4.78, 5) is 25.7. The van der Waals surface area contributed by atoms with Gasteiger partial charge in [0.25, 0.3) is 5.91 Å². The first-order chi connectivity index (χ1) is 9.69. The van der Waals surface area contributed by atoms with Crippen molar-refractivity contribution in [2.45, 2.75) is 13.1 Å². The summed E-state index contributed by atoms with van der Waals surface area (Å²) >= 11 is 0. The number of anilines is 1. The van der Waals surface area contributed by atoms with Crippen LogP contribution < -0.4 is 10.2 Å². The van der Waals surface area contributed by atoms with E-state index in [1.165, 1.54) is 0 Å². The highest BCUT2D eigenvalue weighted by molar-refractivity contribution is 5.92. The molecule has 0 aromatic carbocycles. The minimum atomic E-state index is -0.464. The number of halogens is 1. The Hall–Kier alpha value is -2.51. The number of imidazole rings is 1. The van der Waals surface area contributed by atoms with Gasteiger partial charge in [0, 0.05) is 20.1 Å². The summed E-state index contributed by atoms with van der Waals surface area (Å²) in [5, 5.41) is 2.59. The molecule has 1 aliphatic rings. The number of nitrogens with one attached hydrogen (secondary N) is 1. The molecule has 7 nitrogen and oxygen atoms in total. The zero-order valence-electron chi connectivity index (χ0n) is 10.9. The van der Waals surface area contributed by atoms with E-state index in [-0.39, 0.29) is 5.91 Å². The molecule has 0 aliphatic carbocycles. The van der Waals surface area contributed by atoms with Crippen LogP contribution in [0.5, 0.6) is 0 Å². The lowest BCUT2D eigenvalue weighted by molar-refractivity contribution is 0.0953. The molecule has 0 spiro atoms. The van der Waals surface area contributed by atoms with E-state index in [1.807, 2.05) is 9.47 Å². The lowest BCUT2D eigenvalue weighted by Crippen LogP contribution is -2.36. The molecular formula is C12H13FN6O. The molecule has 2 aromatic rings. The number of fused-ring (bicyclic) bond motifs is 1. The van der Waals surface area contributed by atoms with Crippen molar-refractivity contribution in [1.29, 1.82) is 0 Å². The molecule has 1 N–H and O–H groups in total. The molecule has 2 aromatic heterocycles. The zero-order valence-corrected chi connectivity index (χ0v) is 10.9. The van der Waals surface area contributed by atoms with Crippen LogP contribution in [0.25, 0.3) is 0 Å². The van der Waals surface area contributed by atoms with Crippen molar-refractivity contribution in [1.82, 2.24) is 24.8 Å². The quantitative estimate of drug-likeness (QED) is 0.847. The van der Waals surface area contributed by atoms with E-state index < -0.39 is 5.82 Å². The van der Waals surface area contributed by atoms with Crippen molar-refractivity contribution in [3.05, 3.63) is 35.9 Å². The lowest BCUT2D eigenvalue weighted by atomic mass is 10.3. The van der Waals surface area contributed by atoms with Crippen molar-refractivity contribution < 1.29 is 9.18 Å². The van der Waals surface area contributed by atoms with Gasteiger partial charge in [-0.15, -0.1) is 0 Å². The Kier molecular flexibility index (Phi) is 3.05. The van der Waals surface area contributed by atoms with Crippen molar-refractivity contribution in [2.24, 2.45) is 0 Å². The minimum absolute atomic E-state index is 0.157. The second-order valence-corrected chi connectivity index (χ2v) is 4.41. The molecule has 1 amide bonds. The summed E-state index contributed by atoms with van der Waals surface area (Å²) in [5.41, 5.74) is 0.544. The van der Waals surface area contributed by atoms with Crippen molar-refractivity contribution in [3.8, 4) is 0 Å². The van der Waals surface area contributed by atoms with Gasteiger partial charge in [0.2, 0.25) is 5.95 Å². The zero-order chi connectivity index (χ0) is 14.1. The van der Waals surface area contributed by atoms with E-state index in [4.69, 9.17) is 0 Å². The summed E-state index contributed by atoms with van der Waals surface area (Å²) in [5.74, 6) is 0.606. The van der Waals surface area contributed by atoms with E-state index in [9.17, 15) is 9.18 Å². The van der Waals surface area contributed by atoms with Gasteiger partial charge in [-0.1, -0.05) is 0 Å². The highest BCUT2D eigenvalue weighted by atomic mass is 19.1. The topological polar surface area (TPSA) is 75.9 Å².